The Bertz CT molecular complexity index is 191. The maximum atomic E-state index is 5.54. The second-order valence-electron chi connectivity index (χ2n) is 5.30. The van der Waals surface area contributed by atoms with E-state index < -0.39 is 0 Å². The van der Waals surface area contributed by atoms with Crippen LogP contribution in [0.4, 0.5) is 0 Å². The molecule has 0 unspecified atom stereocenters. The van der Waals surface area contributed by atoms with E-state index in [1.54, 1.807) is 0 Å². The highest BCUT2D eigenvalue weighted by molar-refractivity contribution is 5.04. The summed E-state index contributed by atoms with van der Waals surface area (Å²) in [5, 5.41) is 0. The van der Waals surface area contributed by atoms with Gasteiger partial charge in [-0.1, -0.05) is 0 Å². The maximum Gasteiger partial charge on any atom is 0.0596 e. The first-order chi connectivity index (χ1) is 6.60. The minimum atomic E-state index is 0.375. The van der Waals surface area contributed by atoms with Crippen molar-refractivity contribution < 1.29 is 4.74 Å². The number of hydrogen-bond donors (Lipinski definition) is 0. The van der Waals surface area contributed by atoms with Crippen molar-refractivity contribution >= 4 is 0 Å². The number of hydrogen-bond acceptors (Lipinski definition) is 3. The molecule has 2 aliphatic rings. The molecule has 0 aromatic rings. The number of rotatable bonds is 4. The molecule has 3 nitrogen and oxygen atoms in total. The molecule has 3 heteroatoms. The first-order valence-electron chi connectivity index (χ1n) is 5.62. The van der Waals surface area contributed by atoms with Gasteiger partial charge in [-0.15, -0.1) is 0 Å². The topological polar surface area (TPSA) is 15.7 Å². The van der Waals surface area contributed by atoms with Crippen LogP contribution in [0.3, 0.4) is 0 Å². The van der Waals surface area contributed by atoms with Gasteiger partial charge in [0.05, 0.1) is 12.7 Å². The molecule has 2 aliphatic heterocycles. The molecule has 1 spiro atoms. The minimum Gasteiger partial charge on any atom is -0.377 e. The van der Waals surface area contributed by atoms with E-state index in [1.807, 2.05) is 0 Å². The molecule has 0 bridgehead atoms. The van der Waals surface area contributed by atoms with Gasteiger partial charge in [-0.2, -0.15) is 0 Å². The van der Waals surface area contributed by atoms with Crippen LogP contribution in [0.1, 0.15) is 13.8 Å². The van der Waals surface area contributed by atoms with Gasteiger partial charge in [-0.3, -0.25) is 4.90 Å². The first kappa shape index (κ1) is 10.4. The lowest BCUT2D eigenvalue weighted by molar-refractivity contribution is -0.111. The number of nitrogens with zero attached hydrogens (tertiary/aromatic N) is 2. The average Bonchev–Trinajstić information content (AvgIpc) is 1.96. The Labute approximate surface area is 87.0 Å². The van der Waals surface area contributed by atoms with Crippen LogP contribution in [-0.2, 0) is 4.74 Å². The maximum absolute atomic E-state index is 5.54. The zero-order valence-corrected chi connectivity index (χ0v) is 9.62. The van der Waals surface area contributed by atoms with Gasteiger partial charge in [0.25, 0.3) is 0 Å². The molecule has 2 rings (SSSR count). The van der Waals surface area contributed by atoms with E-state index >= 15 is 0 Å². The Morgan fingerprint density at radius 1 is 1.21 bits per heavy atom. The minimum absolute atomic E-state index is 0.375. The monoisotopic (exact) mass is 198 g/mol. The molecule has 0 saturated carbocycles. The van der Waals surface area contributed by atoms with Crippen LogP contribution in [0.15, 0.2) is 0 Å². The fourth-order valence-corrected chi connectivity index (χ4v) is 2.78. The largest absolute Gasteiger partial charge is 0.377 e. The summed E-state index contributed by atoms with van der Waals surface area (Å²) in [4.78, 5) is 4.91. The number of ether oxygens (including phenoxy) is 1. The summed E-state index contributed by atoms with van der Waals surface area (Å²) >= 11 is 0. The van der Waals surface area contributed by atoms with E-state index in [2.05, 4.69) is 30.7 Å². The third-order valence-electron chi connectivity index (χ3n) is 3.19. The Morgan fingerprint density at radius 2 is 1.86 bits per heavy atom. The van der Waals surface area contributed by atoms with Crippen molar-refractivity contribution in [3.8, 4) is 0 Å². The molecule has 0 aromatic heterocycles. The van der Waals surface area contributed by atoms with Crippen LogP contribution in [0.5, 0.6) is 0 Å². The number of likely N-dealkylation sites (tertiary alicyclic amines) is 2. The predicted molar refractivity (Wildman–Crippen MR) is 57.5 cm³/mol. The first-order valence-corrected chi connectivity index (χ1v) is 5.62. The van der Waals surface area contributed by atoms with Crippen molar-refractivity contribution in [3.63, 3.8) is 0 Å². The molecule has 2 heterocycles. The normalized spacial score (nSPS) is 26.6. The summed E-state index contributed by atoms with van der Waals surface area (Å²) < 4.78 is 5.54. The molecule has 2 fully saturated rings. The van der Waals surface area contributed by atoms with Crippen molar-refractivity contribution in [3.05, 3.63) is 0 Å². The summed E-state index contributed by atoms with van der Waals surface area (Å²) in [7, 11) is 2.20. The van der Waals surface area contributed by atoms with Gasteiger partial charge in [0.2, 0.25) is 0 Å². The van der Waals surface area contributed by atoms with Crippen molar-refractivity contribution in [2.24, 2.45) is 5.41 Å². The molecule has 0 radical (unpaired) electrons. The van der Waals surface area contributed by atoms with Crippen molar-refractivity contribution in [1.82, 2.24) is 9.80 Å². The van der Waals surface area contributed by atoms with Crippen LogP contribution in [0.25, 0.3) is 0 Å². The van der Waals surface area contributed by atoms with Crippen LogP contribution in [0.2, 0.25) is 0 Å². The SMILES string of the molecule is CC(C)OCCN1CC2(CN(C)C2)C1. The van der Waals surface area contributed by atoms with E-state index in [-0.39, 0.29) is 0 Å². The van der Waals surface area contributed by atoms with Gasteiger partial charge in [0.1, 0.15) is 0 Å². The highest BCUT2D eigenvalue weighted by Gasteiger charge is 2.49. The Balaban J connectivity index is 1.55. The van der Waals surface area contributed by atoms with Gasteiger partial charge in [0, 0.05) is 38.1 Å². The molecular weight excluding hydrogens is 176 g/mol. The van der Waals surface area contributed by atoms with Crippen LogP contribution in [0, 0.1) is 5.41 Å². The standard InChI is InChI=1S/C11H22N2O/c1-10(2)14-5-4-13-8-11(9-13)6-12(3)7-11/h10H,4-9H2,1-3H3. The molecule has 0 amide bonds. The van der Waals surface area contributed by atoms with Crippen molar-refractivity contribution in [1.29, 1.82) is 0 Å². The summed E-state index contributed by atoms with van der Waals surface area (Å²) in [5.74, 6) is 0. The second kappa shape index (κ2) is 3.80. The van der Waals surface area contributed by atoms with Gasteiger partial charge in [-0.25, -0.2) is 0 Å². The Kier molecular flexibility index (Phi) is 2.82. The van der Waals surface area contributed by atoms with E-state index in [1.165, 1.54) is 26.2 Å². The Morgan fingerprint density at radius 3 is 2.36 bits per heavy atom. The van der Waals surface area contributed by atoms with E-state index in [0.29, 0.717) is 11.5 Å². The summed E-state index contributed by atoms with van der Waals surface area (Å²) in [6, 6.07) is 0. The molecule has 82 valence electrons. The fraction of sp³-hybridized carbons (Fsp3) is 1.00. The Hall–Kier alpha value is -0.120. The third-order valence-corrected chi connectivity index (χ3v) is 3.19. The van der Waals surface area contributed by atoms with E-state index in [9.17, 15) is 0 Å². The third kappa shape index (κ3) is 2.10. The quantitative estimate of drug-likeness (QED) is 0.660. The summed E-state index contributed by atoms with van der Waals surface area (Å²) in [6.45, 7) is 11.4. The second-order valence-corrected chi connectivity index (χ2v) is 5.30. The molecule has 14 heavy (non-hydrogen) atoms. The smallest absolute Gasteiger partial charge is 0.0596 e. The van der Waals surface area contributed by atoms with Crippen LogP contribution in [-0.4, -0.2) is 62.3 Å². The highest BCUT2D eigenvalue weighted by Crippen LogP contribution is 2.38. The zero-order chi connectivity index (χ0) is 10.2. The highest BCUT2D eigenvalue weighted by atomic mass is 16.5. The van der Waals surface area contributed by atoms with Gasteiger partial charge < -0.3 is 9.64 Å². The van der Waals surface area contributed by atoms with Crippen LogP contribution < -0.4 is 0 Å². The lowest BCUT2D eigenvalue weighted by Crippen LogP contribution is -2.71. The summed E-state index contributed by atoms with van der Waals surface area (Å²) in [6.07, 6.45) is 0.375. The predicted octanol–water partition coefficient (Wildman–Crippen LogP) is 0.659. The van der Waals surface area contributed by atoms with Gasteiger partial charge in [0.15, 0.2) is 0 Å². The van der Waals surface area contributed by atoms with Crippen molar-refractivity contribution in [2.75, 3.05) is 46.4 Å². The average molecular weight is 198 g/mol. The van der Waals surface area contributed by atoms with E-state index in [0.717, 1.165) is 13.2 Å². The lowest BCUT2D eigenvalue weighted by Gasteiger charge is -2.59. The van der Waals surface area contributed by atoms with Gasteiger partial charge >= 0.3 is 0 Å². The fourth-order valence-electron chi connectivity index (χ4n) is 2.78. The van der Waals surface area contributed by atoms with E-state index in [4.69, 9.17) is 4.74 Å². The van der Waals surface area contributed by atoms with Crippen LogP contribution >= 0.6 is 0 Å². The van der Waals surface area contributed by atoms with Gasteiger partial charge in [-0.05, 0) is 20.9 Å². The molecule has 0 aliphatic carbocycles. The summed E-state index contributed by atoms with van der Waals surface area (Å²) in [5.41, 5.74) is 0.673. The lowest BCUT2D eigenvalue weighted by atomic mass is 9.73. The molecule has 2 saturated heterocycles. The molecule has 0 atom stereocenters. The molecule has 0 N–H and O–H groups in total. The molecule has 0 aromatic carbocycles. The van der Waals surface area contributed by atoms with Crippen molar-refractivity contribution in [2.45, 2.75) is 20.0 Å². The molecular formula is C11H22N2O. The zero-order valence-electron chi connectivity index (χ0n) is 9.62.